The van der Waals surface area contributed by atoms with Crippen LogP contribution in [0.25, 0.3) is 0 Å². The second-order valence-electron chi connectivity index (χ2n) is 6.18. The Bertz CT molecular complexity index is 858. The highest BCUT2D eigenvalue weighted by atomic mass is 32.2. The van der Waals surface area contributed by atoms with Crippen LogP contribution < -0.4 is 24.4 Å². The van der Waals surface area contributed by atoms with E-state index < -0.39 is 0 Å². The van der Waals surface area contributed by atoms with Gasteiger partial charge in [-0.25, -0.2) is 5.43 Å². The van der Waals surface area contributed by atoms with Crippen LogP contribution in [0.1, 0.15) is 15.7 Å². The molecule has 0 atom stereocenters. The highest BCUT2D eigenvalue weighted by Gasteiger charge is 2.18. The van der Waals surface area contributed by atoms with E-state index >= 15 is 0 Å². The summed E-state index contributed by atoms with van der Waals surface area (Å²) in [5.41, 5.74) is 4.40. The van der Waals surface area contributed by atoms with Gasteiger partial charge >= 0.3 is 0 Å². The number of hydrogen-bond acceptors (Lipinski definition) is 8. The summed E-state index contributed by atoms with van der Waals surface area (Å²) in [5, 5.41) is 3.96. The van der Waals surface area contributed by atoms with E-state index in [1.54, 1.807) is 12.1 Å². The summed E-state index contributed by atoms with van der Waals surface area (Å²) in [6.07, 6.45) is 1.49. The maximum absolute atomic E-state index is 12.0. The molecule has 1 aliphatic rings. The molecule has 0 unspecified atom stereocenters. The minimum atomic E-state index is -0.357. The second kappa shape index (κ2) is 11.0. The van der Waals surface area contributed by atoms with Gasteiger partial charge in [0.2, 0.25) is 5.75 Å². The molecule has 0 aromatic heterocycles. The maximum atomic E-state index is 12.0. The quantitative estimate of drug-likeness (QED) is 0.463. The Balaban J connectivity index is 1.51. The van der Waals surface area contributed by atoms with Crippen LogP contribution in [0.2, 0.25) is 0 Å². The number of thioether (sulfide) groups is 2. The van der Waals surface area contributed by atoms with Crippen molar-refractivity contribution in [2.45, 2.75) is 4.58 Å². The van der Waals surface area contributed by atoms with Gasteiger partial charge in [0.05, 0.1) is 32.1 Å². The van der Waals surface area contributed by atoms with Crippen molar-refractivity contribution in [2.75, 3.05) is 39.4 Å². The predicted molar refractivity (Wildman–Crippen MR) is 121 cm³/mol. The molecule has 0 saturated carbocycles. The SMILES string of the molecule is COc1cc(/C=N\NC(=O)COc2ccc(C3SCCS3)cc2)cc(OC)c1OC. The van der Waals surface area contributed by atoms with Crippen molar-refractivity contribution < 1.29 is 23.7 Å². The first kappa shape index (κ1) is 22.2. The summed E-state index contributed by atoms with van der Waals surface area (Å²) in [5.74, 6) is 4.16. The Kier molecular flexibility index (Phi) is 8.15. The van der Waals surface area contributed by atoms with Gasteiger partial charge in [0.1, 0.15) is 5.75 Å². The van der Waals surface area contributed by atoms with E-state index in [1.165, 1.54) is 44.6 Å². The lowest BCUT2D eigenvalue weighted by Gasteiger charge is -2.12. The Morgan fingerprint density at radius 3 is 2.27 bits per heavy atom. The lowest BCUT2D eigenvalue weighted by atomic mass is 10.2. The molecule has 1 amide bonds. The molecule has 1 fully saturated rings. The van der Waals surface area contributed by atoms with E-state index in [2.05, 4.69) is 10.5 Å². The van der Waals surface area contributed by atoms with Gasteiger partial charge in [-0.1, -0.05) is 12.1 Å². The first-order chi connectivity index (χ1) is 14.6. The molecule has 0 spiro atoms. The first-order valence-corrected chi connectivity index (χ1v) is 11.3. The predicted octanol–water partition coefficient (Wildman–Crippen LogP) is 3.72. The summed E-state index contributed by atoms with van der Waals surface area (Å²) in [6.45, 7) is -0.126. The van der Waals surface area contributed by atoms with Gasteiger partial charge in [-0.05, 0) is 29.8 Å². The third-order valence-corrected chi connectivity index (χ3v) is 7.34. The molecule has 2 aromatic rings. The average Bonchev–Trinajstić information content (AvgIpc) is 3.32. The standard InChI is InChI=1S/C21H24N2O5S2/c1-25-17-10-14(11-18(26-2)20(17)27-3)12-22-23-19(24)13-28-16-6-4-15(5-7-16)21-29-8-9-30-21/h4-7,10-12,21H,8-9,13H2,1-3H3,(H,23,24)/b22-12-. The second-order valence-corrected chi connectivity index (χ2v) is 8.91. The Labute approximate surface area is 184 Å². The third kappa shape index (κ3) is 5.76. The van der Waals surface area contributed by atoms with Crippen molar-refractivity contribution in [3.05, 3.63) is 47.5 Å². The van der Waals surface area contributed by atoms with Gasteiger partial charge in [-0.15, -0.1) is 23.5 Å². The van der Waals surface area contributed by atoms with Crippen molar-refractivity contribution in [2.24, 2.45) is 5.10 Å². The number of ether oxygens (including phenoxy) is 4. The summed E-state index contributed by atoms with van der Waals surface area (Å²) >= 11 is 3.91. The molecule has 160 valence electrons. The van der Waals surface area contributed by atoms with E-state index in [0.717, 1.165) is 0 Å². The van der Waals surface area contributed by atoms with Crippen LogP contribution in [-0.2, 0) is 4.79 Å². The lowest BCUT2D eigenvalue weighted by molar-refractivity contribution is -0.123. The van der Waals surface area contributed by atoms with E-state index in [-0.39, 0.29) is 12.5 Å². The Hall–Kier alpha value is -2.52. The molecule has 30 heavy (non-hydrogen) atoms. The van der Waals surface area contributed by atoms with Crippen molar-refractivity contribution in [3.8, 4) is 23.0 Å². The van der Waals surface area contributed by atoms with Gasteiger partial charge in [-0.3, -0.25) is 4.79 Å². The molecule has 7 nitrogen and oxygen atoms in total. The van der Waals surface area contributed by atoms with Crippen LogP contribution in [0.5, 0.6) is 23.0 Å². The van der Waals surface area contributed by atoms with Crippen molar-refractivity contribution in [3.63, 3.8) is 0 Å². The molecule has 3 rings (SSSR count). The average molecular weight is 449 g/mol. The van der Waals surface area contributed by atoms with Crippen LogP contribution in [0.15, 0.2) is 41.5 Å². The number of benzene rings is 2. The maximum Gasteiger partial charge on any atom is 0.277 e. The van der Waals surface area contributed by atoms with Crippen molar-refractivity contribution >= 4 is 35.6 Å². The van der Waals surface area contributed by atoms with Crippen molar-refractivity contribution in [1.82, 2.24) is 5.43 Å². The van der Waals surface area contributed by atoms with E-state index in [9.17, 15) is 4.79 Å². The molecule has 9 heteroatoms. The minimum absolute atomic E-state index is 0.126. The molecule has 0 aliphatic carbocycles. The molecular weight excluding hydrogens is 424 g/mol. The minimum Gasteiger partial charge on any atom is -0.493 e. The van der Waals surface area contributed by atoms with Gasteiger partial charge < -0.3 is 18.9 Å². The van der Waals surface area contributed by atoms with Crippen LogP contribution in [0, 0.1) is 0 Å². The summed E-state index contributed by atoms with van der Waals surface area (Å²) in [4.78, 5) is 12.0. The number of nitrogens with one attached hydrogen (secondary N) is 1. The van der Waals surface area contributed by atoms with Crippen LogP contribution >= 0.6 is 23.5 Å². The Morgan fingerprint density at radius 1 is 1.07 bits per heavy atom. The zero-order valence-electron chi connectivity index (χ0n) is 17.0. The highest BCUT2D eigenvalue weighted by molar-refractivity contribution is 8.19. The normalized spacial score (nSPS) is 14.0. The largest absolute Gasteiger partial charge is 0.493 e. The zero-order valence-corrected chi connectivity index (χ0v) is 18.7. The molecule has 0 bridgehead atoms. The van der Waals surface area contributed by atoms with E-state index in [1.807, 2.05) is 47.8 Å². The number of hydrazone groups is 1. The van der Waals surface area contributed by atoms with E-state index in [0.29, 0.717) is 33.1 Å². The van der Waals surface area contributed by atoms with Gasteiger partial charge in [0.25, 0.3) is 5.91 Å². The molecule has 1 heterocycles. The number of rotatable bonds is 9. The monoisotopic (exact) mass is 448 g/mol. The number of nitrogens with zero attached hydrogens (tertiary/aromatic N) is 1. The summed E-state index contributed by atoms with van der Waals surface area (Å²) < 4.78 is 21.9. The zero-order chi connectivity index (χ0) is 21.3. The van der Waals surface area contributed by atoms with E-state index in [4.69, 9.17) is 18.9 Å². The van der Waals surface area contributed by atoms with Crippen LogP contribution in [-0.4, -0.2) is 51.6 Å². The third-order valence-electron chi connectivity index (χ3n) is 4.23. The smallest absolute Gasteiger partial charge is 0.277 e. The summed E-state index contributed by atoms with van der Waals surface area (Å²) in [6, 6.07) is 11.3. The first-order valence-electron chi connectivity index (χ1n) is 9.22. The molecular formula is C21H24N2O5S2. The van der Waals surface area contributed by atoms with Gasteiger partial charge in [0.15, 0.2) is 18.1 Å². The number of methoxy groups -OCH3 is 3. The fourth-order valence-electron chi connectivity index (χ4n) is 2.81. The molecule has 1 aliphatic heterocycles. The number of carbonyl (C=O) groups excluding carboxylic acids is 1. The molecule has 0 radical (unpaired) electrons. The summed E-state index contributed by atoms with van der Waals surface area (Å²) in [7, 11) is 4.61. The topological polar surface area (TPSA) is 78.4 Å². The molecule has 1 N–H and O–H groups in total. The van der Waals surface area contributed by atoms with Crippen LogP contribution in [0.3, 0.4) is 0 Å². The Morgan fingerprint density at radius 2 is 1.70 bits per heavy atom. The molecule has 1 saturated heterocycles. The number of amides is 1. The lowest BCUT2D eigenvalue weighted by Crippen LogP contribution is -2.24. The highest BCUT2D eigenvalue weighted by Crippen LogP contribution is 2.45. The molecule has 2 aromatic carbocycles. The van der Waals surface area contributed by atoms with Gasteiger partial charge in [-0.2, -0.15) is 5.10 Å². The van der Waals surface area contributed by atoms with Crippen LogP contribution in [0.4, 0.5) is 0 Å². The van der Waals surface area contributed by atoms with Gasteiger partial charge in [0, 0.05) is 17.1 Å². The number of carbonyl (C=O) groups is 1. The fourth-order valence-corrected chi connectivity index (χ4v) is 5.67. The number of hydrogen-bond donors (Lipinski definition) is 1. The fraction of sp³-hybridized carbons (Fsp3) is 0.333. The van der Waals surface area contributed by atoms with Crippen molar-refractivity contribution in [1.29, 1.82) is 0 Å².